The molecular formula is C26H23ClN2O4. The van der Waals surface area contributed by atoms with E-state index in [0.29, 0.717) is 36.3 Å². The highest BCUT2D eigenvalue weighted by molar-refractivity contribution is 6.32. The summed E-state index contributed by atoms with van der Waals surface area (Å²) >= 11 is 6.58. The number of hydrogen-bond acceptors (Lipinski definition) is 5. The number of fused-ring (bicyclic) bond motifs is 1. The first-order valence-electron chi connectivity index (χ1n) is 10.6. The van der Waals surface area contributed by atoms with Gasteiger partial charge in [0.2, 0.25) is 0 Å². The van der Waals surface area contributed by atoms with Gasteiger partial charge in [-0.25, -0.2) is 0 Å². The van der Waals surface area contributed by atoms with E-state index in [1.807, 2.05) is 43.3 Å². The van der Waals surface area contributed by atoms with Crippen molar-refractivity contribution in [2.24, 2.45) is 0 Å². The van der Waals surface area contributed by atoms with Crippen molar-refractivity contribution < 1.29 is 14.4 Å². The van der Waals surface area contributed by atoms with Crippen molar-refractivity contribution in [3.8, 4) is 11.5 Å². The number of hydrogen-bond donors (Lipinski definition) is 1. The summed E-state index contributed by atoms with van der Waals surface area (Å²) < 4.78 is 11.9. The second-order valence-corrected chi connectivity index (χ2v) is 7.83. The van der Waals surface area contributed by atoms with Gasteiger partial charge in [0, 0.05) is 24.4 Å². The fraction of sp³-hybridized carbons (Fsp3) is 0.154. The molecule has 0 saturated carbocycles. The van der Waals surface area contributed by atoms with Crippen LogP contribution in [0.3, 0.4) is 0 Å². The number of halogens is 1. The Bertz CT molecular complexity index is 1270. The van der Waals surface area contributed by atoms with Crippen molar-refractivity contribution in [2.45, 2.75) is 20.1 Å². The van der Waals surface area contributed by atoms with E-state index >= 15 is 0 Å². The molecule has 4 aromatic carbocycles. The normalized spacial score (nSPS) is 10.7. The van der Waals surface area contributed by atoms with E-state index < -0.39 is 4.92 Å². The summed E-state index contributed by atoms with van der Waals surface area (Å²) in [4.78, 5) is 10.4. The number of anilines is 1. The van der Waals surface area contributed by atoms with Gasteiger partial charge in [0.1, 0.15) is 6.61 Å². The number of nitro groups is 1. The third kappa shape index (κ3) is 5.35. The third-order valence-corrected chi connectivity index (χ3v) is 5.48. The minimum absolute atomic E-state index is 0.0509. The van der Waals surface area contributed by atoms with Gasteiger partial charge in [-0.15, -0.1) is 0 Å². The molecule has 7 heteroatoms. The molecule has 33 heavy (non-hydrogen) atoms. The average molecular weight is 463 g/mol. The maximum absolute atomic E-state index is 10.8. The minimum Gasteiger partial charge on any atom is -0.490 e. The second kappa shape index (κ2) is 10.2. The zero-order valence-corrected chi connectivity index (χ0v) is 18.8. The van der Waals surface area contributed by atoms with Gasteiger partial charge in [-0.2, -0.15) is 0 Å². The first-order chi connectivity index (χ1) is 16.0. The molecule has 4 aromatic rings. The molecule has 4 rings (SSSR count). The summed E-state index contributed by atoms with van der Waals surface area (Å²) in [7, 11) is 0. The third-order valence-electron chi connectivity index (χ3n) is 5.20. The van der Waals surface area contributed by atoms with Crippen LogP contribution in [0.4, 0.5) is 11.4 Å². The number of nitrogens with zero attached hydrogens (tertiary/aromatic N) is 1. The van der Waals surface area contributed by atoms with Crippen LogP contribution < -0.4 is 14.8 Å². The van der Waals surface area contributed by atoms with E-state index in [4.69, 9.17) is 21.1 Å². The standard InChI is InChI=1S/C26H23ClN2O4/c1-2-32-25-15-18(16-28-21-10-12-22(13-11-21)29(30)31)14-24(27)26(25)33-17-20-8-5-7-19-6-3-4-9-23(19)20/h3-15,28H,2,16-17H2,1H3. The minimum atomic E-state index is -0.422. The van der Waals surface area contributed by atoms with Crippen LogP contribution in [0.25, 0.3) is 10.8 Å². The number of ether oxygens (including phenoxy) is 2. The lowest BCUT2D eigenvalue weighted by atomic mass is 10.1. The van der Waals surface area contributed by atoms with Gasteiger partial charge in [-0.1, -0.05) is 54.1 Å². The van der Waals surface area contributed by atoms with Gasteiger partial charge in [0.25, 0.3) is 5.69 Å². The number of benzene rings is 4. The largest absolute Gasteiger partial charge is 0.490 e. The summed E-state index contributed by atoms with van der Waals surface area (Å²) in [6.45, 7) is 3.22. The SMILES string of the molecule is CCOc1cc(CNc2ccc([N+](=O)[O-])cc2)cc(Cl)c1OCc1cccc2ccccc12. The summed E-state index contributed by atoms with van der Waals surface area (Å²) in [5.74, 6) is 1.08. The maximum atomic E-state index is 10.8. The average Bonchev–Trinajstić information content (AvgIpc) is 2.82. The van der Waals surface area contributed by atoms with E-state index in [2.05, 4.69) is 23.5 Å². The fourth-order valence-electron chi connectivity index (χ4n) is 3.60. The Balaban J connectivity index is 1.51. The maximum Gasteiger partial charge on any atom is 0.269 e. The van der Waals surface area contributed by atoms with Crippen LogP contribution >= 0.6 is 11.6 Å². The summed E-state index contributed by atoms with van der Waals surface area (Å²) in [6, 6.07) is 24.3. The summed E-state index contributed by atoms with van der Waals surface area (Å²) in [5.41, 5.74) is 2.79. The Morgan fingerprint density at radius 2 is 1.73 bits per heavy atom. The summed E-state index contributed by atoms with van der Waals surface area (Å²) in [6.07, 6.45) is 0. The second-order valence-electron chi connectivity index (χ2n) is 7.42. The Labute approximate surface area is 196 Å². The number of nitrogens with one attached hydrogen (secondary N) is 1. The van der Waals surface area contributed by atoms with Crippen LogP contribution in [-0.4, -0.2) is 11.5 Å². The van der Waals surface area contributed by atoms with Crippen LogP contribution in [0.1, 0.15) is 18.1 Å². The highest BCUT2D eigenvalue weighted by Gasteiger charge is 2.14. The molecule has 0 aliphatic rings. The van der Waals surface area contributed by atoms with Crippen molar-refractivity contribution in [1.82, 2.24) is 0 Å². The predicted octanol–water partition coefficient (Wildman–Crippen LogP) is 6.99. The van der Waals surface area contributed by atoms with Crippen LogP contribution in [-0.2, 0) is 13.2 Å². The van der Waals surface area contributed by atoms with E-state index in [1.165, 1.54) is 12.1 Å². The molecular weight excluding hydrogens is 440 g/mol. The molecule has 0 atom stereocenters. The van der Waals surface area contributed by atoms with E-state index in [-0.39, 0.29) is 5.69 Å². The zero-order valence-electron chi connectivity index (χ0n) is 18.1. The molecule has 0 unspecified atom stereocenters. The first kappa shape index (κ1) is 22.4. The van der Waals surface area contributed by atoms with Gasteiger partial charge in [-0.05, 0) is 53.1 Å². The molecule has 0 aliphatic heterocycles. The monoisotopic (exact) mass is 462 g/mol. The van der Waals surface area contributed by atoms with Crippen LogP contribution in [0.2, 0.25) is 5.02 Å². The lowest BCUT2D eigenvalue weighted by Gasteiger charge is -2.16. The molecule has 0 saturated heterocycles. The lowest BCUT2D eigenvalue weighted by molar-refractivity contribution is -0.384. The van der Waals surface area contributed by atoms with Gasteiger partial charge in [0.05, 0.1) is 16.6 Å². The highest BCUT2D eigenvalue weighted by atomic mass is 35.5. The van der Waals surface area contributed by atoms with E-state index in [0.717, 1.165) is 27.6 Å². The Kier molecular flexibility index (Phi) is 6.95. The van der Waals surface area contributed by atoms with Crippen molar-refractivity contribution in [3.05, 3.63) is 105 Å². The fourth-order valence-corrected chi connectivity index (χ4v) is 3.89. The molecule has 0 fully saturated rings. The number of non-ortho nitro benzene ring substituents is 1. The molecule has 0 heterocycles. The molecule has 0 aromatic heterocycles. The van der Waals surface area contributed by atoms with Crippen molar-refractivity contribution in [2.75, 3.05) is 11.9 Å². The van der Waals surface area contributed by atoms with Crippen molar-refractivity contribution >= 4 is 33.7 Å². The molecule has 0 radical (unpaired) electrons. The van der Waals surface area contributed by atoms with Crippen LogP contribution in [0.15, 0.2) is 78.9 Å². The van der Waals surface area contributed by atoms with Crippen LogP contribution in [0, 0.1) is 10.1 Å². The van der Waals surface area contributed by atoms with E-state index in [9.17, 15) is 10.1 Å². The molecule has 168 valence electrons. The number of rotatable bonds is 9. The molecule has 0 aliphatic carbocycles. The van der Waals surface area contributed by atoms with Gasteiger partial charge in [0.15, 0.2) is 11.5 Å². The Morgan fingerprint density at radius 1 is 0.970 bits per heavy atom. The highest BCUT2D eigenvalue weighted by Crippen LogP contribution is 2.38. The molecule has 1 N–H and O–H groups in total. The lowest BCUT2D eigenvalue weighted by Crippen LogP contribution is -2.04. The van der Waals surface area contributed by atoms with Gasteiger partial charge in [-0.3, -0.25) is 10.1 Å². The zero-order chi connectivity index (χ0) is 23.2. The van der Waals surface area contributed by atoms with Crippen molar-refractivity contribution in [3.63, 3.8) is 0 Å². The smallest absolute Gasteiger partial charge is 0.269 e. The summed E-state index contributed by atoms with van der Waals surface area (Å²) in [5, 5.41) is 16.8. The molecule has 0 spiro atoms. The molecule has 0 amide bonds. The molecule has 0 bridgehead atoms. The van der Waals surface area contributed by atoms with E-state index in [1.54, 1.807) is 12.1 Å². The predicted molar refractivity (Wildman–Crippen MR) is 131 cm³/mol. The van der Waals surface area contributed by atoms with Gasteiger partial charge >= 0.3 is 0 Å². The number of nitro benzene ring substituents is 1. The van der Waals surface area contributed by atoms with Gasteiger partial charge < -0.3 is 14.8 Å². The Morgan fingerprint density at radius 3 is 2.48 bits per heavy atom. The van der Waals surface area contributed by atoms with Crippen LogP contribution in [0.5, 0.6) is 11.5 Å². The quantitative estimate of drug-likeness (QED) is 0.214. The van der Waals surface area contributed by atoms with Crippen molar-refractivity contribution in [1.29, 1.82) is 0 Å². The molecule has 6 nitrogen and oxygen atoms in total. The Hall–Kier alpha value is -3.77. The first-order valence-corrected chi connectivity index (χ1v) is 11.0. The topological polar surface area (TPSA) is 73.6 Å².